The third kappa shape index (κ3) is 4.37. The molecule has 10 rings (SSSR count). The normalized spacial score (nSPS) is 11.7. The second-order valence-corrected chi connectivity index (χ2v) is 12.6. The number of anilines is 3. The fourth-order valence-electron chi connectivity index (χ4n) is 7.58. The molecule has 0 spiro atoms. The molecule has 2 heterocycles. The standard InChI is InChI=1S/C46H30N2O/c1-3-12-33(13-4-1)47(35-26-22-31(23-27-35)37-18-11-21-44-45(37)40-17-8-10-20-43(40)49-44)36-28-24-32-25-29-39-38-16-7-9-19-42(38)48(46(39)41(32)30-36)34-14-5-2-6-15-34/h1-30H. The Morgan fingerprint density at radius 1 is 0.429 bits per heavy atom. The van der Waals surface area contributed by atoms with E-state index >= 15 is 0 Å². The first-order chi connectivity index (χ1) is 24.3. The van der Waals surface area contributed by atoms with E-state index in [1.807, 2.05) is 12.1 Å². The molecular weight excluding hydrogens is 597 g/mol. The van der Waals surface area contributed by atoms with Crippen LogP contribution in [0.25, 0.3) is 71.3 Å². The van der Waals surface area contributed by atoms with Crippen LogP contribution < -0.4 is 4.90 Å². The van der Waals surface area contributed by atoms with E-state index in [4.69, 9.17) is 4.42 Å². The van der Waals surface area contributed by atoms with E-state index in [0.29, 0.717) is 0 Å². The molecule has 8 aromatic carbocycles. The van der Waals surface area contributed by atoms with Crippen molar-refractivity contribution in [3.63, 3.8) is 0 Å². The number of fused-ring (bicyclic) bond motifs is 8. The van der Waals surface area contributed by atoms with Crippen LogP contribution in [0.15, 0.2) is 186 Å². The highest BCUT2D eigenvalue weighted by atomic mass is 16.3. The molecule has 0 radical (unpaired) electrons. The molecule has 0 aliphatic carbocycles. The molecule has 3 nitrogen and oxygen atoms in total. The van der Waals surface area contributed by atoms with Crippen LogP contribution in [-0.2, 0) is 0 Å². The zero-order valence-corrected chi connectivity index (χ0v) is 26.6. The predicted octanol–water partition coefficient (Wildman–Crippen LogP) is 13.0. The number of hydrogen-bond acceptors (Lipinski definition) is 2. The summed E-state index contributed by atoms with van der Waals surface area (Å²) in [5, 5.41) is 7.22. The average Bonchev–Trinajstić information content (AvgIpc) is 3.72. The maximum Gasteiger partial charge on any atom is 0.136 e. The Bertz CT molecular complexity index is 2810. The van der Waals surface area contributed by atoms with Crippen molar-refractivity contribution in [1.29, 1.82) is 0 Å². The van der Waals surface area contributed by atoms with Gasteiger partial charge < -0.3 is 13.9 Å². The zero-order chi connectivity index (χ0) is 32.3. The molecule has 0 saturated heterocycles. The van der Waals surface area contributed by atoms with Crippen molar-refractivity contribution in [2.45, 2.75) is 0 Å². The Balaban J connectivity index is 1.17. The van der Waals surface area contributed by atoms with Gasteiger partial charge >= 0.3 is 0 Å². The average molecular weight is 627 g/mol. The topological polar surface area (TPSA) is 21.3 Å². The Morgan fingerprint density at radius 3 is 1.92 bits per heavy atom. The van der Waals surface area contributed by atoms with E-state index in [0.717, 1.165) is 50.3 Å². The molecule has 230 valence electrons. The van der Waals surface area contributed by atoms with Gasteiger partial charge in [0, 0.05) is 49.7 Å². The van der Waals surface area contributed by atoms with E-state index in [1.54, 1.807) is 0 Å². The summed E-state index contributed by atoms with van der Waals surface area (Å²) in [4.78, 5) is 2.35. The van der Waals surface area contributed by atoms with Gasteiger partial charge in [0.1, 0.15) is 11.2 Å². The third-order valence-electron chi connectivity index (χ3n) is 9.76. The number of nitrogens with zero attached hydrogens (tertiary/aromatic N) is 2. The highest BCUT2D eigenvalue weighted by Crippen LogP contribution is 2.42. The minimum absolute atomic E-state index is 0.907. The molecule has 0 atom stereocenters. The minimum Gasteiger partial charge on any atom is -0.456 e. The molecule has 0 N–H and O–H groups in total. The molecule has 0 fully saturated rings. The van der Waals surface area contributed by atoms with Gasteiger partial charge in [0.05, 0.1) is 11.0 Å². The zero-order valence-electron chi connectivity index (χ0n) is 26.6. The fraction of sp³-hybridized carbons (Fsp3) is 0. The van der Waals surface area contributed by atoms with Crippen LogP contribution in [-0.4, -0.2) is 4.57 Å². The lowest BCUT2D eigenvalue weighted by Crippen LogP contribution is -2.09. The first kappa shape index (κ1) is 27.5. The Morgan fingerprint density at radius 2 is 1.08 bits per heavy atom. The Labute approximate surface area is 283 Å². The van der Waals surface area contributed by atoms with Crippen LogP contribution in [0.5, 0.6) is 0 Å². The highest BCUT2D eigenvalue weighted by Gasteiger charge is 2.19. The van der Waals surface area contributed by atoms with E-state index in [-0.39, 0.29) is 0 Å². The summed E-state index contributed by atoms with van der Waals surface area (Å²) < 4.78 is 8.62. The molecule has 0 aliphatic rings. The maximum absolute atomic E-state index is 6.20. The van der Waals surface area contributed by atoms with Gasteiger partial charge in [-0.2, -0.15) is 0 Å². The quantitative estimate of drug-likeness (QED) is 0.190. The van der Waals surface area contributed by atoms with Crippen molar-refractivity contribution < 1.29 is 4.42 Å². The summed E-state index contributed by atoms with van der Waals surface area (Å²) in [5.41, 5.74) is 11.0. The number of furan rings is 1. The summed E-state index contributed by atoms with van der Waals surface area (Å²) in [7, 11) is 0. The SMILES string of the molecule is c1ccc(N(c2ccc(-c3cccc4oc5ccccc5c34)cc2)c2ccc3ccc4c5ccccc5n(-c5ccccc5)c4c3c2)cc1. The number of hydrogen-bond donors (Lipinski definition) is 0. The predicted molar refractivity (Wildman–Crippen MR) is 206 cm³/mol. The van der Waals surface area contributed by atoms with Crippen LogP contribution >= 0.6 is 0 Å². The largest absolute Gasteiger partial charge is 0.456 e. The second kappa shape index (κ2) is 11.0. The van der Waals surface area contributed by atoms with Crippen molar-refractivity contribution in [2.75, 3.05) is 4.90 Å². The van der Waals surface area contributed by atoms with Gasteiger partial charge in [-0.25, -0.2) is 0 Å². The van der Waals surface area contributed by atoms with Crippen LogP contribution in [0.1, 0.15) is 0 Å². The summed E-state index contributed by atoms with van der Waals surface area (Å²) in [6.45, 7) is 0. The van der Waals surface area contributed by atoms with Gasteiger partial charge in [0.2, 0.25) is 0 Å². The number of aromatic nitrogens is 1. The van der Waals surface area contributed by atoms with E-state index in [9.17, 15) is 0 Å². The van der Waals surface area contributed by atoms with E-state index in [2.05, 4.69) is 179 Å². The van der Waals surface area contributed by atoms with Crippen molar-refractivity contribution in [1.82, 2.24) is 4.57 Å². The molecule has 3 heteroatoms. The molecule has 49 heavy (non-hydrogen) atoms. The molecule has 0 aliphatic heterocycles. The van der Waals surface area contributed by atoms with Crippen LogP contribution in [0.3, 0.4) is 0 Å². The highest BCUT2D eigenvalue weighted by molar-refractivity contribution is 6.19. The van der Waals surface area contributed by atoms with Crippen LogP contribution in [0.4, 0.5) is 17.1 Å². The number of benzene rings is 8. The van der Waals surface area contributed by atoms with Gasteiger partial charge in [-0.3, -0.25) is 0 Å². The van der Waals surface area contributed by atoms with E-state index in [1.165, 1.54) is 38.1 Å². The smallest absolute Gasteiger partial charge is 0.136 e. The first-order valence-corrected chi connectivity index (χ1v) is 16.7. The van der Waals surface area contributed by atoms with Crippen molar-refractivity contribution >= 4 is 71.6 Å². The number of rotatable bonds is 5. The lowest BCUT2D eigenvalue weighted by molar-refractivity contribution is 0.669. The lowest BCUT2D eigenvalue weighted by atomic mass is 9.99. The van der Waals surface area contributed by atoms with Gasteiger partial charge in [-0.1, -0.05) is 115 Å². The van der Waals surface area contributed by atoms with Gasteiger partial charge in [0.15, 0.2) is 0 Å². The number of para-hydroxylation sites is 4. The van der Waals surface area contributed by atoms with E-state index < -0.39 is 0 Å². The summed E-state index contributed by atoms with van der Waals surface area (Å²) in [6, 6.07) is 65.0. The molecule has 10 aromatic rings. The maximum atomic E-state index is 6.20. The second-order valence-electron chi connectivity index (χ2n) is 12.6. The monoisotopic (exact) mass is 626 g/mol. The minimum atomic E-state index is 0.907. The molecule has 0 unspecified atom stereocenters. The van der Waals surface area contributed by atoms with Crippen LogP contribution in [0, 0.1) is 0 Å². The Hall–Kier alpha value is -6.58. The van der Waals surface area contributed by atoms with Gasteiger partial charge in [-0.15, -0.1) is 0 Å². The summed E-state index contributed by atoms with van der Waals surface area (Å²) in [6.07, 6.45) is 0. The lowest BCUT2D eigenvalue weighted by Gasteiger charge is -2.26. The fourth-order valence-corrected chi connectivity index (χ4v) is 7.58. The van der Waals surface area contributed by atoms with Crippen molar-refractivity contribution in [2.24, 2.45) is 0 Å². The molecule has 0 amide bonds. The summed E-state index contributed by atoms with van der Waals surface area (Å²) >= 11 is 0. The van der Waals surface area contributed by atoms with Gasteiger partial charge in [0.25, 0.3) is 0 Å². The molecule has 0 saturated carbocycles. The molecule has 2 aromatic heterocycles. The third-order valence-corrected chi connectivity index (χ3v) is 9.76. The van der Waals surface area contributed by atoms with Crippen molar-refractivity contribution in [3.8, 4) is 16.8 Å². The first-order valence-electron chi connectivity index (χ1n) is 16.7. The molecular formula is C46H30N2O. The van der Waals surface area contributed by atoms with Gasteiger partial charge in [-0.05, 0) is 83.2 Å². The van der Waals surface area contributed by atoms with Crippen molar-refractivity contribution in [3.05, 3.63) is 182 Å². The Kier molecular flexibility index (Phi) is 6.18. The molecule has 0 bridgehead atoms. The van der Waals surface area contributed by atoms with Crippen LogP contribution in [0.2, 0.25) is 0 Å². The summed E-state index contributed by atoms with van der Waals surface area (Å²) in [5.74, 6) is 0.